The summed E-state index contributed by atoms with van der Waals surface area (Å²) in [4.78, 5) is 4.70. The maximum atomic E-state index is 4.70. The van der Waals surface area contributed by atoms with Gasteiger partial charge in [0.1, 0.15) is 0 Å². The minimum absolute atomic E-state index is 0.757. The molecule has 0 atom stereocenters. The van der Waals surface area contributed by atoms with E-state index in [1.165, 1.54) is 0 Å². The van der Waals surface area contributed by atoms with Crippen LogP contribution in [-0.2, 0) is 0 Å². The highest BCUT2D eigenvalue weighted by molar-refractivity contribution is 9.10. The summed E-state index contributed by atoms with van der Waals surface area (Å²) >= 11 is 3.53. The predicted molar refractivity (Wildman–Crippen MR) is 100.0 cm³/mol. The van der Waals surface area contributed by atoms with Crippen LogP contribution < -0.4 is 10.9 Å². The number of nitrogens with zero attached hydrogens (tertiary/aromatic N) is 1. The van der Waals surface area contributed by atoms with Gasteiger partial charge in [0, 0.05) is 10.0 Å². The Morgan fingerprint density at radius 3 is 2.04 bits per heavy atom. The Balaban J connectivity index is 1.87. The monoisotopic (exact) mass is 365 g/mol. The molecule has 0 saturated heterocycles. The summed E-state index contributed by atoms with van der Waals surface area (Å²) in [5, 5.41) is 0. The molecular formula is C19H16BrN3. The normalized spacial score (nSPS) is 11.1. The molecule has 3 nitrogen and oxygen atoms in total. The average Bonchev–Trinajstić information content (AvgIpc) is 2.61. The maximum absolute atomic E-state index is 4.70. The van der Waals surface area contributed by atoms with Gasteiger partial charge in [-0.2, -0.15) is 0 Å². The molecule has 114 valence electrons. The van der Waals surface area contributed by atoms with Crippen LogP contribution in [0.3, 0.4) is 0 Å². The molecule has 0 unspecified atom stereocenters. The summed E-state index contributed by atoms with van der Waals surface area (Å²) in [5.41, 5.74) is 9.27. The van der Waals surface area contributed by atoms with Crippen LogP contribution in [0.1, 0.15) is 5.56 Å². The summed E-state index contributed by atoms with van der Waals surface area (Å²) in [6.45, 7) is 0. The van der Waals surface area contributed by atoms with E-state index in [2.05, 4.69) is 26.8 Å². The van der Waals surface area contributed by atoms with Crippen molar-refractivity contribution >= 4 is 33.1 Å². The molecule has 0 aromatic heterocycles. The summed E-state index contributed by atoms with van der Waals surface area (Å²) in [7, 11) is 0. The zero-order chi connectivity index (χ0) is 15.9. The fourth-order valence-corrected chi connectivity index (χ4v) is 2.47. The molecule has 2 N–H and O–H groups in total. The first-order valence-corrected chi connectivity index (χ1v) is 8.08. The molecule has 0 radical (unpaired) electrons. The minimum atomic E-state index is 0.757. The number of hydrogen-bond donors (Lipinski definition) is 2. The lowest BCUT2D eigenvalue weighted by Gasteiger charge is -2.14. The van der Waals surface area contributed by atoms with Gasteiger partial charge in [0.2, 0.25) is 0 Å². The van der Waals surface area contributed by atoms with Crippen LogP contribution in [0.4, 0.5) is 11.4 Å². The van der Waals surface area contributed by atoms with Gasteiger partial charge in [0.05, 0.1) is 11.4 Å². The number of nitrogens with one attached hydrogen (secondary N) is 2. The van der Waals surface area contributed by atoms with Crippen LogP contribution in [0.5, 0.6) is 0 Å². The minimum Gasteiger partial charge on any atom is -0.298 e. The van der Waals surface area contributed by atoms with Crippen molar-refractivity contribution in [2.75, 3.05) is 5.43 Å². The van der Waals surface area contributed by atoms with Gasteiger partial charge in [-0.3, -0.25) is 10.9 Å². The molecule has 0 spiro atoms. The molecule has 0 aliphatic rings. The zero-order valence-corrected chi connectivity index (χ0v) is 14.0. The zero-order valence-electron chi connectivity index (χ0n) is 12.4. The van der Waals surface area contributed by atoms with Crippen molar-refractivity contribution in [3.63, 3.8) is 0 Å². The Kier molecular flexibility index (Phi) is 5.06. The fourth-order valence-electron chi connectivity index (χ4n) is 2.08. The Morgan fingerprint density at radius 2 is 1.35 bits per heavy atom. The number of hydrogen-bond acceptors (Lipinski definition) is 2. The van der Waals surface area contributed by atoms with E-state index in [-0.39, 0.29) is 0 Å². The number of hydrazine groups is 1. The third-order valence-corrected chi connectivity index (χ3v) is 3.93. The van der Waals surface area contributed by atoms with Gasteiger partial charge in [0.25, 0.3) is 0 Å². The number of aliphatic imine (C=N–C) groups is 1. The third kappa shape index (κ3) is 4.20. The van der Waals surface area contributed by atoms with Crippen LogP contribution in [0.25, 0.3) is 0 Å². The van der Waals surface area contributed by atoms with E-state index in [0.29, 0.717) is 0 Å². The number of benzene rings is 3. The van der Waals surface area contributed by atoms with Crippen molar-refractivity contribution in [2.24, 2.45) is 4.99 Å². The maximum Gasteiger partial charge on any atom is 0.152 e. The van der Waals surface area contributed by atoms with Crippen molar-refractivity contribution in [1.82, 2.24) is 5.43 Å². The van der Waals surface area contributed by atoms with E-state index < -0.39 is 0 Å². The highest BCUT2D eigenvalue weighted by Crippen LogP contribution is 2.20. The first-order valence-electron chi connectivity index (χ1n) is 7.28. The number of amidine groups is 1. The van der Waals surface area contributed by atoms with Crippen LogP contribution in [0, 0.1) is 0 Å². The summed E-state index contributed by atoms with van der Waals surface area (Å²) in [6, 6.07) is 27.8. The topological polar surface area (TPSA) is 36.4 Å². The first-order chi connectivity index (χ1) is 11.3. The Hall–Kier alpha value is -2.59. The lowest BCUT2D eigenvalue weighted by molar-refractivity contribution is 1.11. The van der Waals surface area contributed by atoms with Crippen molar-refractivity contribution in [3.8, 4) is 0 Å². The molecule has 0 bridgehead atoms. The van der Waals surface area contributed by atoms with Gasteiger partial charge in [0.15, 0.2) is 5.84 Å². The van der Waals surface area contributed by atoms with Gasteiger partial charge in [-0.05, 0) is 40.2 Å². The van der Waals surface area contributed by atoms with E-state index in [0.717, 1.165) is 27.2 Å². The second kappa shape index (κ2) is 7.61. The quantitative estimate of drug-likeness (QED) is 0.381. The van der Waals surface area contributed by atoms with E-state index in [1.807, 2.05) is 84.9 Å². The van der Waals surface area contributed by atoms with E-state index in [4.69, 9.17) is 4.99 Å². The van der Waals surface area contributed by atoms with Gasteiger partial charge in [-0.1, -0.05) is 60.7 Å². The Morgan fingerprint density at radius 1 is 0.739 bits per heavy atom. The third-order valence-electron chi connectivity index (χ3n) is 3.23. The van der Waals surface area contributed by atoms with Gasteiger partial charge < -0.3 is 0 Å². The van der Waals surface area contributed by atoms with Gasteiger partial charge >= 0.3 is 0 Å². The second-order valence-electron chi connectivity index (χ2n) is 4.89. The molecule has 23 heavy (non-hydrogen) atoms. The molecule has 4 heteroatoms. The molecule has 0 heterocycles. The molecule has 0 saturated carbocycles. The lowest BCUT2D eigenvalue weighted by Crippen LogP contribution is -2.30. The fraction of sp³-hybridized carbons (Fsp3) is 0. The molecular weight excluding hydrogens is 350 g/mol. The Labute approximate surface area is 144 Å². The molecule has 3 aromatic rings. The van der Waals surface area contributed by atoms with Crippen molar-refractivity contribution in [3.05, 3.63) is 95.0 Å². The van der Waals surface area contributed by atoms with Crippen LogP contribution in [0.15, 0.2) is 94.4 Å². The number of rotatable bonds is 4. The molecule has 3 aromatic carbocycles. The number of para-hydroxylation sites is 2. The molecule has 0 aliphatic carbocycles. The first kappa shape index (κ1) is 15.3. The highest BCUT2D eigenvalue weighted by atomic mass is 79.9. The standard InChI is InChI=1S/C19H16BrN3/c20-17-13-7-8-14-18(17)22-23-19(15-9-3-1-4-10-15)21-16-11-5-2-6-12-16/h1-14,22H,(H,21,23). The van der Waals surface area contributed by atoms with E-state index in [1.54, 1.807) is 0 Å². The molecule has 0 amide bonds. The van der Waals surface area contributed by atoms with Crippen LogP contribution in [0.2, 0.25) is 0 Å². The summed E-state index contributed by atoms with van der Waals surface area (Å²) in [5.74, 6) is 0.757. The smallest absolute Gasteiger partial charge is 0.152 e. The largest absolute Gasteiger partial charge is 0.298 e. The van der Waals surface area contributed by atoms with Crippen molar-refractivity contribution < 1.29 is 0 Å². The van der Waals surface area contributed by atoms with E-state index in [9.17, 15) is 0 Å². The summed E-state index contributed by atoms with van der Waals surface area (Å²) in [6.07, 6.45) is 0. The Bertz CT molecular complexity index is 786. The molecule has 0 aliphatic heterocycles. The SMILES string of the molecule is Brc1ccccc1NNC(=Nc1ccccc1)c1ccccc1. The highest BCUT2D eigenvalue weighted by Gasteiger charge is 2.04. The summed E-state index contributed by atoms with van der Waals surface area (Å²) < 4.78 is 0.986. The lowest BCUT2D eigenvalue weighted by atomic mass is 10.2. The van der Waals surface area contributed by atoms with Crippen molar-refractivity contribution in [1.29, 1.82) is 0 Å². The molecule has 0 fully saturated rings. The van der Waals surface area contributed by atoms with Crippen LogP contribution in [-0.4, -0.2) is 5.84 Å². The number of anilines is 1. The van der Waals surface area contributed by atoms with Crippen LogP contribution >= 0.6 is 15.9 Å². The second-order valence-corrected chi connectivity index (χ2v) is 5.75. The van der Waals surface area contributed by atoms with Crippen molar-refractivity contribution in [2.45, 2.75) is 0 Å². The van der Waals surface area contributed by atoms with Gasteiger partial charge in [-0.25, -0.2) is 4.99 Å². The number of halogens is 1. The molecule has 3 rings (SSSR count). The predicted octanol–water partition coefficient (Wildman–Crippen LogP) is 5.14. The van der Waals surface area contributed by atoms with Gasteiger partial charge in [-0.15, -0.1) is 0 Å². The van der Waals surface area contributed by atoms with E-state index >= 15 is 0 Å². The average molecular weight is 366 g/mol.